The maximum atomic E-state index is 5.28. The second kappa shape index (κ2) is 5.24. The Morgan fingerprint density at radius 2 is 2.29 bits per heavy atom. The summed E-state index contributed by atoms with van der Waals surface area (Å²) < 4.78 is 6.92. The molecule has 7 nitrogen and oxygen atoms in total. The predicted molar refractivity (Wildman–Crippen MR) is 61.5 cm³/mol. The minimum atomic E-state index is 0.483. The highest BCUT2D eigenvalue weighted by Gasteiger charge is 2.02. The molecule has 0 bridgehead atoms. The lowest BCUT2D eigenvalue weighted by atomic mass is 10.6. The van der Waals surface area contributed by atoms with Gasteiger partial charge in [0.05, 0.1) is 13.2 Å². The van der Waals surface area contributed by atoms with Crippen molar-refractivity contribution in [2.24, 2.45) is 7.05 Å². The zero-order valence-corrected chi connectivity index (χ0v) is 9.79. The number of aromatic nitrogens is 5. The first-order chi connectivity index (χ1) is 8.28. The molecular formula is C10H14N6O. The molecule has 0 unspecified atom stereocenters. The Morgan fingerprint density at radius 1 is 1.41 bits per heavy atom. The summed E-state index contributed by atoms with van der Waals surface area (Å²) in [7, 11) is 1.82. The van der Waals surface area contributed by atoms with E-state index in [-0.39, 0.29) is 0 Å². The monoisotopic (exact) mass is 234 g/mol. The highest BCUT2D eigenvalue weighted by atomic mass is 16.5. The van der Waals surface area contributed by atoms with Crippen LogP contribution in [0.15, 0.2) is 18.6 Å². The Kier molecular flexibility index (Phi) is 3.49. The van der Waals surface area contributed by atoms with Gasteiger partial charge in [0.2, 0.25) is 11.8 Å². The van der Waals surface area contributed by atoms with Crippen LogP contribution >= 0.6 is 0 Å². The second-order valence-corrected chi connectivity index (χ2v) is 3.34. The standard InChI is InChI=1S/C10H14N6O/c1-3-17-9-4-5-11-10(14-9)12-6-8-13-7-16(2)15-8/h4-5,7H,3,6H2,1-2H3,(H,11,12,14). The molecule has 0 aliphatic carbocycles. The van der Waals surface area contributed by atoms with E-state index in [4.69, 9.17) is 4.74 Å². The van der Waals surface area contributed by atoms with Crippen LogP contribution in [0.1, 0.15) is 12.7 Å². The van der Waals surface area contributed by atoms with Gasteiger partial charge in [0.15, 0.2) is 5.82 Å². The van der Waals surface area contributed by atoms with Crippen molar-refractivity contribution in [3.8, 4) is 5.88 Å². The molecule has 2 rings (SSSR count). The number of aryl methyl sites for hydroxylation is 1. The van der Waals surface area contributed by atoms with Crippen molar-refractivity contribution in [3.05, 3.63) is 24.4 Å². The predicted octanol–water partition coefficient (Wildman–Crippen LogP) is 0.616. The van der Waals surface area contributed by atoms with Crippen LogP contribution in [-0.2, 0) is 13.6 Å². The van der Waals surface area contributed by atoms with E-state index in [1.165, 1.54) is 0 Å². The van der Waals surface area contributed by atoms with Gasteiger partial charge in [-0.1, -0.05) is 0 Å². The van der Waals surface area contributed by atoms with Gasteiger partial charge in [-0.05, 0) is 6.92 Å². The van der Waals surface area contributed by atoms with Crippen LogP contribution < -0.4 is 10.1 Å². The lowest BCUT2D eigenvalue weighted by Crippen LogP contribution is -2.06. The van der Waals surface area contributed by atoms with Crippen molar-refractivity contribution >= 4 is 5.95 Å². The Morgan fingerprint density at radius 3 is 3.00 bits per heavy atom. The number of ether oxygens (including phenoxy) is 1. The molecule has 0 saturated heterocycles. The molecule has 0 saturated carbocycles. The van der Waals surface area contributed by atoms with Gasteiger partial charge in [-0.15, -0.1) is 0 Å². The molecule has 2 aromatic heterocycles. The number of anilines is 1. The van der Waals surface area contributed by atoms with Gasteiger partial charge in [-0.25, -0.2) is 9.97 Å². The summed E-state index contributed by atoms with van der Waals surface area (Å²) in [5, 5.41) is 7.17. The molecule has 0 fully saturated rings. The fraction of sp³-hybridized carbons (Fsp3) is 0.400. The van der Waals surface area contributed by atoms with Crippen LogP contribution in [-0.4, -0.2) is 31.3 Å². The molecule has 2 heterocycles. The summed E-state index contributed by atoms with van der Waals surface area (Å²) in [4.78, 5) is 12.3. The smallest absolute Gasteiger partial charge is 0.226 e. The lowest BCUT2D eigenvalue weighted by Gasteiger charge is -2.04. The molecule has 0 atom stereocenters. The fourth-order valence-electron chi connectivity index (χ4n) is 1.28. The number of nitrogens with one attached hydrogen (secondary N) is 1. The number of nitrogens with zero attached hydrogens (tertiary/aromatic N) is 5. The third-order valence-electron chi connectivity index (χ3n) is 1.97. The average Bonchev–Trinajstić information content (AvgIpc) is 2.74. The van der Waals surface area contributed by atoms with E-state index in [0.29, 0.717) is 30.8 Å². The first-order valence-corrected chi connectivity index (χ1v) is 5.32. The molecule has 7 heteroatoms. The minimum absolute atomic E-state index is 0.483. The molecule has 0 aromatic carbocycles. The SMILES string of the molecule is CCOc1ccnc(NCc2ncn(C)n2)n1. The van der Waals surface area contributed by atoms with Crippen LogP contribution in [0.4, 0.5) is 5.95 Å². The first-order valence-electron chi connectivity index (χ1n) is 5.32. The van der Waals surface area contributed by atoms with Gasteiger partial charge >= 0.3 is 0 Å². The molecule has 1 N–H and O–H groups in total. The van der Waals surface area contributed by atoms with Gasteiger partial charge < -0.3 is 10.1 Å². The van der Waals surface area contributed by atoms with Crippen molar-refractivity contribution in [2.45, 2.75) is 13.5 Å². The summed E-state index contributed by atoms with van der Waals surface area (Å²) in [5.41, 5.74) is 0. The van der Waals surface area contributed by atoms with E-state index in [1.807, 2.05) is 14.0 Å². The minimum Gasteiger partial charge on any atom is -0.478 e. The van der Waals surface area contributed by atoms with Crippen molar-refractivity contribution in [3.63, 3.8) is 0 Å². The van der Waals surface area contributed by atoms with Crippen LogP contribution in [0.3, 0.4) is 0 Å². The molecule has 0 aliphatic rings. The Balaban J connectivity index is 1.96. The Hall–Kier alpha value is -2.18. The lowest BCUT2D eigenvalue weighted by molar-refractivity contribution is 0.326. The van der Waals surface area contributed by atoms with E-state index in [2.05, 4.69) is 25.4 Å². The maximum Gasteiger partial charge on any atom is 0.226 e. The maximum absolute atomic E-state index is 5.28. The Bertz CT molecular complexity index is 483. The van der Waals surface area contributed by atoms with E-state index in [0.717, 1.165) is 0 Å². The average molecular weight is 234 g/mol. The highest BCUT2D eigenvalue weighted by molar-refractivity contribution is 5.27. The summed E-state index contributed by atoms with van der Waals surface area (Å²) in [6.07, 6.45) is 3.29. The zero-order chi connectivity index (χ0) is 12.1. The summed E-state index contributed by atoms with van der Waals surface area (Å²) in [6, 6.07) is 1.72. The Labute approximate surface area is 98.9 Å². The molecule has 90 valence electrons. The van der Waals surface area contributed by atoms with Gasteiger partial charge in [0, 0.05) is 19.3 Å². The summed E-state index contributed by atoms with van der Waals surface area (Å²) in [5.74, 6) is 1.75. The zero-order valence-electron chi connectivity index (χ0n) is 9.79. The van der Waals surface area contributed by atoms with Crippen LogP contribution in [0.5, 0.6) is 5.88 Å². The molecule has 0 amide bonds. The summed E-state index contributed by atoms with van der Waals surface area (Å²) in [6.45, 7) is 2.97. The van der Waals surface area contributed by atoms with Crippen molar-refractivity contribution in [1.82, 2.24) is 24.7 Å². The van der Waals surface area contributed by atoms with Crippen molar-refractivity contribution < 1.29 is 4.74 Å². The highest BCUT2D eigenvalue weighted by Crippen LogP contribution is 2.08. The molecular weight excluding hydrogens is 220 g/mol. The van der Waals surface area contributed by atoms with Crippen molar-refractivity contribution in [2.75, 3.05) is 11.9 Å². The van der Waals surface area contributed by atoms with Crippen molar-refractivity contribution in [1.29, 1.82) is 0 Å². The quantitative estimate of drug-likeness (QED) is 0.817. The second-order valence-electron chi connectivity index (χ2n) is 3.34. The van der Waals surface area contributed by atoms with Gasteiger partial charge in [0.25, 0.3) is 0 Å². The van der Waals surface area contributed by atoms with E-state index >= 15 is 0 Å². The molecule has 2 aromatic rings. The van der Waals surface area contributed by atoms with Crippen LogP contribution in [0.25, 0.3) is 0 Å². The third kappa shape index (κ3) is 3.13. The van der Waals surface area contributed by atoms with E-state index < -0.39 is 0 Å². The number of hydrogen-bond donors (Lipinski definition) is 1. The molecule has 0 spiro atoms. The normalized spacial score (nSPS) is 10.2. The topological polar surface area (TPSA) is 77.8 Å². The molecule has 0 aliphatic heterocycles. The fourth-order valence-corrected chi connectivity index (χ4v) is 1.28. The van der Waals surface area contributed by atoms with Gasteiger partial charge in [0.1, 0.15) is 6.33 Å². The summed E-state index contributed by atoms with van der Waals surface area (Å²) >= 11 is 0. The number of rotatable bonds is 5. The largest absolute Gasteiger partial charge is 0.478 e. The molecule has 17 heavy (non-hydrogen) atoms. The van der Waals surface area contributed by atoms with Gasteiger partial charge in [-0.3, -0.25) is 4.68 Å². The van der Waals surface area contributed by atoms with Crippen LogP contribution in [0.2, 0.25) is 0 Å². The van der Waals surface area contributed by atoms with E-state index in [1.54, 1.807) is 23.3 Å². The number of hydrogen-bond acceptors (Lipinski definition) is 6. The van der Waals surface area contributed by atoms with Crippen LogP contribution in [0, 0.1) is 0 Å². The molecule has 0 radical (unpaired) electrons. The van der Waals surface area contributed by atoms with Gasteiger partial charge in [-0.2, -0.15) is 10.1 Å². The first kappa shape index (κ1) is 11.3. The third-order valence-corrected chi connectivity index (χ3v) is 1.97. The van der Waals surface area contributed by atoms with E-state index in [9.17, 15) is 0 Å².